The third-order valence-corrected chi connectivity index (χ3v) is 16.4. The second-order valence-electron chi connectivity index (χ2n) is 21.6. The number of hydrazine groups is 1. The Bertz CT molecular complexity index is 2610. The normalized spacial score (nSPS) is 27.5. The summed E-state index contributed by atoms with van der Waals surface area (Å²) < 4.78 is 33.5. The van der Waals surface area contributed by atoms with Gasteiger partial charge in [0.1, 0.15) is 23.2 Å². The van der Waals surface area contributed by atoms with E-state index in [9.17, 15) is 14.4 Å². The van der Waals surface area contributed by atoms with Crippen molar-refractivity contribution in [2.45, 2.75) is 136 Å². The number of cyclic esters (lactones) is 1. The monoisotopic (exact) mass is 994 g/mol. The summed E-state index contributed by atoms with van der Waals surface area (Å²) in [4.78, 5) is 56.2. The van der Waals surface area contributed by atoms with Crippen LogP contribution in [0.3, 0.4) is 0 Å². The van der Waals surface area contributed by atoms with Crippen LogP contribution in [0.25, 0.3) is 33.4 Å². The van der Waals surface area contributed by atoms with Crippen molar-refractivity contribution in [3.63, 3.8) is 0 Å². The lowest BCUT2D eigenvalue weighted by atomic mass is 9.82. The zero-order valence-corrected chi connectivity index (χ0v) is 44.1. The SMILES string of the molecule is C=C(C)[C@@H]1[C@H](C)[C@H]1C(=O)N[C@@H]1C(=O)N2CCC[C@H](N2)C(=O)OCC(C)(C)Cc2c(-c3cc([C@@H]4CCN5CCOC[C@@H]5C4)cnc3[C@H](C)OC)n(CCOC(C)C)c3ccc(cc23)-c2csc(n2)[C@H]1OCC. The maximum Gasteiger partial charge on any atom is 0.324 e. The van der Waals surface area contributed by atoms with Gasteiger partial charge in [-0.25, -0.2) is 10.4 Å². The molecule has 1 aromatic carbocycles. The van der Waals surface area contributed by atoms with E-state index in [0.717, 1.165) is 89.4 Å². The smallest absolute Gasteiger partial charge is 0.324 e. The summed E-state index contributed by atoms with van der Waals surface area (Å²) in [6.45, 7) is 25.8. The molecular weight excluding hydrogens is 919 g/mol. The topological polar surface area (TPSA) is 159 Å². The first kappa shape index (κ1) is 51.4. The summed E-state index contributed by atoms with van der Waals surface area (Å²) >= 11 is 1.40. The molecule has 3 aromatic heterocycles. The van der Waals surface area contributed by atoms with Crippen molar-refractivity contribution in [1.82, 2.24) is 35.2 Å². The minimum absolute atomic E-state index is 0.0288. The van der Waals surface area contributed by atoms with E-state index in [1.54, 1.807) is 7.11 Å². The predicted molar refractivity (Wildman–Crippen MR) is 275 cm³/mol. The second kappa shape index (κ2) is 21.5. The van der Waals surface area contributed by atoms with E-state index >= 15 is 0 Å². The van der Waals surface area contributed by atoms with Crippen molar-refractivity contribution in [2.75, 3.05) is 59.8 Å². The highest BCUT2D eigenvalue weighted by Gasteiger charge is 2.53. The highest BCUT2D eigenvalue weighted by Crippen LogP contribution is 2.50. The molecule has 4 aliphatic heterocycles. The van der Waals surface area contributed by atoms with Gasteiger partial charge in [0.05, 0.1) is 55.7 Å². The molecular formula is C55H75N7O8S. The molecule has 0 radical (unpaired) electrons. The maximum atomic E-state index is 14.8. The van der Waals surface area contributed by atoms with E-state index in [1.165, 1.54) is 21.9 Å². The van der Waals surface area contributed by atoms with Gasteiger partial charge in [0, 0.05) is 84.3 Å². The Kier molecular flexibility index (Phi) is 15.6. The van der Waals surface area contributed by atoms with Gasteiger partial charge >= 0.3 is 5.97 Å². The molecule has 4 fully saturated rings. The largest absolute Gasteiger partial charge is 0.464 e. The van der Waals surface area contributed by atoms with Crippen LogP contribution in [0.15, 0.2) is 48.0 Å². The number of morpholine rings is 1. The molecule has 0 spiro atoms. The van der Waals surface area contributed by atoms with Crippen LogP contribution in [-0.4, -0.2) is 126 Å². The van der Waals surface area contributed by atoms with Crippen LogP contribution >= 0.6 is 11.3 Å². The third-order valence-electron chi connectivity index (χ3n) is 15.5. The number of benzene rings is 1. The molecule has 0 unspecified atom stereocenters. The van der Waals surface area contributed by atoms with Crippen molar-refractivity contribution in [1.29, 1.82) is 0 Å². The van der Waals surface area contributed by atoms with E-state index in [2.05, 4.69) is 91.9 Å². The summed E-state index contributed by atoms with van der Waals surface area (Å²) in [6.07, 6.45) is 4.54. The molecule has 384 valence electrons. The average Bonchev–Trinajstić information content (AvgIpc) is 3.66. The number of aromatic nitrogens is 3. The first-order valence-corrected chi connectivity index (χ1v) is 26.8. The minimum Gasteiger partial charge on any atom is -0.464 e. The fourth-order valence-electron chi connectivity index (χ4n) is 11.7. The minimum atomic E-state index is -1.13. The van der Waals surface area contributed by atoms with Crippen LogP contribution in [0.4, 0.5) is 0 Å². The first-order chi connectivity index (χ1) is 34.1. The number of ether oxygens (including phenoxy) is 5. The molecule has 4 aromatic rings. The van der Waals surface area contributed by atoms with Crippen LogP contribution in [-0.2, 0) is 51.0 Å². The molecule has 15 nitrogen and oxygen atoms in total. The predicted octanol–water partition coefficient (Wildman–Crippen LogP) is 8.18. The van der Waals surface area contributed by atoms with Gasteiger partial charge in [0.15, 0.2) is 0 Å². The lowest BCUT2D eigenvalue weighted by molar-refractivity contribution is -0.156. The van der Waals surface area contributed by atoms with Gasteiger partial charge < -0.3 is 33.6 Å². The highest BCUT2D eigenvalue weighted by molar-refractivity contribution is 7.10. The number of piperidine rings is 1. The van der Waals surface area contributed by atoms with E-state index in [0.29, 0.717) is 55.9 Å². The molecule has 5 aliphatic rings. The fourth-order valence-corrected chi connectivity index (χ4v) is 12.6. The zero-order valence-electron chi connectivity index (χ0n) is 43.3. The number of thiazole rings is 1. The Morgan fingerprint density at radius 2 is 1.93 bits per heavy atom. The number of nitrogens with one attached hydrogen (secondary N) is 2. The van der Waals surface area contributed by atoms with Gasteiger partial charge in [-0.05, 0) is 120 Å². The summed E-state index contributed by atoms with van der Waals surface area (Å²) in [7, 11) is 1.73. The molecule has 7 heterocycles. The number of fused-ring (bicyclic) bond motifs is 7. The Balaban J connectivity index is 1.20. The molecule has 71 heavy (non-hydrogen) atoms. The molecule has 1 saturated carbocycles. The number of methoxy groups -OCH3 is 1. The Hall–Kier alpha value is -4.55. The number of amides is 2. The van der Waals surface area contributed by atoms with E-state index < -0.39 is 35.5 Å². The molecule has 9 atom stereocenters. The number of allylic oxidation sites excluding steroid dienone is 1. The number of carbonyl (C=O) groups excluding carboxylic acids is 3. The number of nitrogens with zero attached hydrogens (tertiary/aromatic N) is 5. The van der Waals surface area contributed by atoms with E-state index in [4.69, 9.17) is 33.7 Å². The molecule has 2 N–H and O–H groups in total. The summed E-state index contributed by atoms with van der Waals surface area (Å²) in [5.74, 6) is -0.934. The number of rotatable bonds is 13. The molecule has 6 bridgehead atoms. The van der Waals surface area contributed by atoms with Gasteiger partial charge in [-0.1, -0.05) is 39.0 Å². The zero-order chi connectivity index (χ0) is 50.3. The number of hydrogen-bond acceptors (Lipinski definition) is 13. The van der Waals surface area contributed by atoms with Gasteiger partial charge in [-0.3, -0.25) is 29.3 Å². The number of hydrogen-bond donors (Lipinski definition) is 2. The second-order valence-corrected chi connectivity index (χ2v) is 22.5. The summed E-state index contributed by atoms with van der Waals surface area (Å²) in [5.41, 5.74) is 11.5. The average molecular weight is 994 g/mol. The molecule has 2 amide bonds. The van der Waals surface area contributed by atoms with Crippen molar-refractivity contribution < 1.29 is 38.1 Å². The molecule has 16 heteroatoms. The number of esters is 1. The third kappa shape index (κ3) is 10.8. The highest BCUT2D eigenvalue weighted by atomic mass is 32.1. The fraction of sp³-hybridized carbons (Fsp3) is 0.618. The van der Waals surface area contributed by atoms with E-state index in [-0.39, 0.29) is 49.1 Å². The lowest BCUT2D eigenvalue weighted by Gasteiger charge is -2.42. The standard InChI is InChI=1S/C55H75N7O8S/c1-11-68-50-48(58-51(63)46-33(6)45(46)31(2)3)53(64)62-17-12-13-42(59-62)54(65)70-30-55(8,9)26-41-39-24-36(43-29-71-52(50)57-43)14-15-44(39)61(20-22-69-32(4)5)49(41)40-25-37(27-56-47(40)34(7)66-10)35-16-18-60-19-21-67-28-38(60)23-35/h14-15,24-25,27,29,32-35,38,42,45-46,48,50,59H,2,11-13,16-23,26,28,30H2,1,3-10H3,(H,58,63)/t33-,34-,35+,38-,42-,45+,46+,48-,50-/m0/s1. The van der Waals surface area contributed by atoms with Gasteiger partial charge in [-0.15, -0.1) is 11.3 Å². The van der Waals surface area contributed by atoms with Gasteiger partial charge in [-0.2, -0.15) is 0 Å². The van der Waals surface area contributed by atoms with Crippen LogP contribution in [0.2, 0.25) is 0 Å². The number of carbonyl (C=O) groups is 3. The Morgan fingerprint density at radius 1 is 1.11 bits per heavy atom. The van der Waals surface area contributed by atoms with Crippen LogP contribution in [0, 0.1) is 23.2 Å². The first-order valence-electron chi connectivity index (χ1n) is 26.0. The molecule has 9 rings (SSSR count). The van der Waals surface area contributed by atoms with Crippen LogP contribution in [0.1, 0.15) is 121 Å². The van der Waals surface area contributed by atoms with Gasteiger partial charge in [0.25, 0.3) is 5.91 Å². The van der Waals surface area contributed by atoms with Crippen molar-refractivity contribution in [3.8, 4) is 22.5 Å². The van der Waals surface area contributed by atoms with Crippen molar-refractivity contribution in [2.24, 2.45) is 23.2 Å². The molecule has 1 aliphatic carbocycles. The maximum absolute atomic E-state index is 14.8. The Labute approximate surface area is 423 Å². The summed E-state index contributed by atoms with van der Waals surface area (Å²) in [5, 5.41) is 8.21. The van der Waals surface area contributed by atoms with E-state index in [1.807, 2.05) is 26.2 Å². The van der Waals surface area contributed by atoms with Gasteiger partial charge in [0.2, 0.25) is 5.91 Å². The Morgan fingerprint density at radius 3 is 2.68 bits per heavy atom. The van der Waals surface area contributed by atoms with Crippen LogP contribution < -0.4 is 10.7 Å². The number of pyridine rings is 1. The quantitative estimate of drug-likeness (QED) is 0.0980. The lowest BCUT2D eigenvalue weighted by Crippen LogP contribution is -2.61. The van der Waals surface area contributed by atoms with Crippen molar-refractivity contribution >= 4 is 40.0 Å². The molecule has 3 saturated heterocycles. The van der Waals surface area contributed by atoms with Crippen molar-refractivity contribution in [3.05, 3.63) is 69.8 Å². The van der Waals surface area contributed by atoms with Crippen LogP contribution in [0.5, 0.6) is 0 Å². The summed E-state index contributed by atoms with van der Waals surface area (Å²) in [6, 6.07) is 7.35.